The first-order chi connectivity index (χ1) is 10.8. The molecule has 0 saturated carbocycles. The second-order valence-electron chi connectivity index (χ2n) is 6.55. The third kappa shape index (κ3) is 3.51. The third-order valence-electron chi connectivity index (χ3n) is 4.97. The summed E-state index contributed by atoms with van der Waals surface area (Å²) in [5.41, 5.74) is -1.36. The zero-order valence-electron chi connectivity index (χ0n) is 12.7. The van der Waals surface area contributed by atoms with Crippen LogP contribution in [0.1, 0.15) is 24.0 Å². The van der Waals surface area contributed by atoms with E-state index in [1.807, 2.05) is 0 Å². The number of nitrogens with one attached hydrogen (secondary N) is 1. The van der Waals surface area contributed by atoms with E-state index < -0.39 is 23.2 Å². The molecule has 2 atom stereocenters. The molecule has 2 saturated heterocycles. The third-order valence-corrected chi connectivity index (χ3v) is 4.97. The van der Waals surface area contributed by atoms with Gasteiger partial charge in [-0.1, -0.05) is 6.07 Å². The fourth-order valence-electron chi connectivity index (χ4n) is 3.58. The molecule has 3 nitrogen and oxygen atoms in total. The highest BCUT2D eigenvalue weighted by atomic mass is 19.4. The van der Waals surface area contributed by atoms with E-state index in [0.29, 0.717) is 31.6 Å². The van der Waals surface area contributed by atoms with Crippen molar-refractivity contribution >= 4 is 0 Å². The van der Waals surface area contributed by atoms with Crippen molar-refractivity contribution in [3.8, 4) is 0 Å². The summed E-state index contributed by atoms with van der Waals surface area (Å²) >= 11 is 0. The molecule has 2 fully saturated rings. The first-order valence-electron chi connectivity index (χ1n) is 7.79. The van der Waals surface area contributed by atoms with Gasteiger partial charge in [-0.15, -0.1) is 0 Å². The fourth-order valence-corrected chi connectivity index (χ4v) is 3.58. The number of fused-ring (bicyclic) bond motifs is 1. The Labute approximate surface area is 132 Å². The molecule has 0 radical (unpaired) electrons. The second kappa shape index (κ2) is 6.03. The smallest absolute Gasteiger partial charge is 0.389 e. The van der Waals surface area contributed by atoms with E-state index >= 15 is 0 Å². The summed E-state index contributed by atoms with van der Waals surface area (Å²) in [4.78, 5) is 2.06. The lowest BCUT2D eigenvalue weighted by Gasteiger charge is -2.47. The molecule has 0 aromatic heterocycles. The minimum Gasteiger partial charge on any atom is -0.389 e. The first-order valence-corrected chi connectivity index (χ1v) is 7.79. The number of halogens is 4. The van der Waals surface area contributed by atoms with Crippen LogP contribution in [-0.4, -0.2) is 41.8 Å². The summed E-state index contributed by atoms with van der Waals surface area (Å²) in [5.74, 6) is -1.13. The van der Waals surface area contributed by atoms with Crippen LogP contribution in [0.4, 0.5) is 17.6 Å². The highest BCUT2D eigenvalue weighted by molar-refractivity contribution is 5.26. The molecule has 0 unspecified atom stereocenters. The average Bonchev–Trinajstić information content (AvgIpc) is 2.46. The Balaban J connectivity index is 1.67. The van der Waals surface area contributed by atoms with E-state index in [9.17, 15) is 22.7 Å². The maximum Gasteiger partial charge on any atom is 0.419 e. The minimum atomic E-state index is -4.67. The van der Waals surface area contributed by atoms with Crippen LogP contribution >= 0.6 is 0 Å². The molecule has 0 aliphatic carbocycles. The number of nitrogens with zero attached hydrogens (tertiary/aromatic N) is 1. The van der Waals surface area contributed by atoms with Crippen LogP contribution in [0.2, 0.25) is 0 Å². The van der Waals surface area contributed by atoms with Crippen molar-refractivity contribution in [1.29, 1.82) is 0 Å². The Kier molecular flexibility index (Phi) is 4.37. The molecule has 3 rings (SSSR count). The van der Waals surface area contributed by atoms with Gasteiger partial charge in [0.15, 0.2) is 0 Å². The van der Waals surface area contributed by atoms with Gasteiger partial charge in [0.25, 0.3) is 0 Å². The Hall–Kier alpha value is -1.18. The van der Waals surface area contributed by atoms with Gasteiger partial charge in [-0.2, -0.15) is 13.2 Å². The fraction of sp³-hybridized carbons (Fsp3) is 0.625. The molecule has 0 spiro atoms. The summed E-state index contributed by atoms with van der Waals surface area (Å²) in [6, 6.07) is 3.09. The number of likely N-dealkylation sites (tertiary alicyclic amines) is 1. The standard InChI is InChI=1S/C16H20F4N2O/c17-14-7-11(1-2-13(14)16(18,19)20)9-22-6-4-15(23)3-5-21-8-12(15)10-22/h1-2,7,12,21,23H,3-6,8-10H2/t12-,15-/m1/s1. The van der Waals surface area contributed by atoms with Crippen molar-refractivity contribution in [2.45, 2.75) is 31.2 Å². The van der Waals surface area contributed by atoms with Gasteiger partial charge in [0.05, 0.1) is 11.2 Å². The lowest BCUT2D eigenvalue weighted by molar-refractivity contribution is -0.140. The SMILES string of the molecule is O[C@@]12CCNC[C@@H]1CN(Cc1ccc(C(F)(F)F)c(F)c1)CC2. The van der Waals surface area contributed by atoms with Crippen LogP contribution < -0.4 is 5.32 Å². The molecule has 23 heavy (non-hydrogen) atoms. The molecule has 2 aliphatic rings. The van der Waals surface area contributed by atoms with E-state index in [1.165, 1.54) is 6.07 Å². The Morgan fingerprint density at radius 3 is 2.78 bits per heavy atom. The van der Waals surface area contributed by atoms with Gasteiger partial charge in [-0.25, -0.2) is 4.39 Å². The van der Waals surface area contributed by atoms with Crippen LogP contribution in [0, 0.1) is 11.7 Å². The van der Waals surface area contributed by atoms with Gasteiger partial charge in [0, 0.05) is 32.1 Å². The van der Waals surface area contributed by atoms with E-state index in [2.05, 4.69) is 10.2 Å². The number of benzene rings is 1. The molecule has 7 heteroatoms. The van der Waals surface area contributed by atoms with Crippen LogP contribution in [0.5, 0.6) is 0 Å². The van der Waals surface area contributed by atoms with Crippen LogP contribution in [0.3, 0.4) is 0 Å². The molecule has 2 heterocycles. The molecule has 128 valence electrons. The van der Waals surface area contributed by atoms with Gasteiger partial charge >= 0.3 is 6.18 Å². The molecule has 2 N–H and O–H groups in total. The van der Waals surface area contributed by atoms with E-state index in [-0.39, 0.29) is 5.92 Å². The highest BCUT2D eigenvalue weighted by Crippen LogP contribution is 2.34. The number of piperidine rings is 2. The predicted octanol–water partition coefficient (Wildman–Crippen LogP) is 2.39. The van der Waals surface area contributed by atoms with E-state index in [1.54, 1.807) is 0 Å². The summed E-state index contributed by atoms with van der Waals surface area (Å²) < 4.78 is 51.4. The van der Waals surface area contributed by atoms with Gasteiger partial charge in [0.1, 0.15) is 5.82 Å². The van der Waals surface area contributed by atoms with Gasteiger partial charge < -0.3 is 10.4 Å². The molecule has 0 amide bonds. The molecule has 1 aromatic rings. The Morgan fingerprint density at radius 1 is 1.30 bits per heavy atom. The lowest BCUT2D eigenvalue weighted by atomic mass is 9.76. The van der Waals surface area contributed by atoms with Crippen LogP contribution in [-0.2, 0) is 12.7 Å². The van der Waals surface area contributed by atoms with Crippen molar-refractivity contribution in [2.24, 2.45) is 5.92 Å². The second-order valence-corrected chi connectivity index (χ2v) is 6.55. The average molecular weight is 332 g/mol. The monoisotopic (exact) mass is 332 g/mol. The molecule has 2 aliphatic heterocycles. The topological polar surface area (TPSA) is 35.5 Å². The number of hydrogen-bond donors (Lipinski definition) is 2. The number of aliphatic hydroxyl groups is 1. The van der Waals surface area contributed by atoms with E-state index in [4.69, 9.17) is 0 Å². The quantitative estimate of drug-likeness (QED) is 0.817. The Bertz CT molecular complexity index is 578. The lowest BCUT2D eigenvalue weighted by Crippen LogP contribution is -2.58. The van der Waals surface area contributed by atoms with Gasteiger partial charge in [-0.3, -0.25) is 4.90 Å². The molecule has 1 aromatic carbocycles. The van der Waals surface area contributed by atoms with Crippen molar-refractivity contribution in [3.63, 3.8) is 0 Å². The zero-order valence-corrected chi connectivity index (χ0v) is 12.7. The summed E-state index contributed by atoms with van der Waals surface area (Å²) in [6.45, 7) is 3.24. The number of rotatable bonds is 2. The number of hydrogen-bond acceptors (Lipinski definition) is 3. The largest absolute Gasteiger partial charge is 0.419 e. The number of alkyl halides is 3. The predicted molar refractivity (Wildman–Crippen MR) is 77.2 cm³/mol. The van der Waals surface area contributed by atoms with Crippen molar-refractivity contribution < 1.29 is 22.7 Å². The van der Waals surface area contributed by atoms with Crippen LogP contribution in [0.25, 0.3) is 0 Å². The van der Waals surface area contributed by atoms with Crippen molar-refractivity contribution in [2.75, 3.05) is 26.2 Å². The van der Waals surface area contributed by atoms with Gasteiger partial charge in [-0.05, 0) is 37.1 Å². The normalized spacial score (nSPS) is 29.3. The molecular formula is C16H20F4N2O. The summed E-state index contributed by atoms with van der Waals surface area (Å²) in [5, 5.41) is 13.8. The summed E-state index contributed by atoms with van der Waals surface area (Å²) in [7, 11) is 0. The summed E-state index contributed by atoms with van der Waals surface area (Å²) in [6.07, 6.45) is -3.30. The van der Waals surface area contributed by atoms with Crippen molar-refractivity contribution in [3.05, 3.63) is 35.1 Å². The van der Waals surface area contributed by atoms with E-state index in [0.717, 1.165) is 31.6 Å². The maximum absolute atomic E-state index is 13.6. The highest BCUT2D eigenvalue weighted by Gasteiger charge is 2.42. The molecule has 0 bridgehead atoms. The maximum atomic E-state index is 13.6. The van der Waals surface area contributed by atoms with Crippen LogP contribution in [0.15, 0.2) is 18.2 Å². The zero-order chi connectivity index (χ0) is 16.7. The van der Waals surface area contributed by atoms with Crippen molar-refractivity contribution in [1.82, 2.24) is 10.2 Å². The Morgan fingerprint density at radius 2 is 2.09 bits per heavy atom. The minimum absolute atomic E-state index is 0.101. The molecular weight excluding hydrogens is 312 g/mol. The van der Waals surface area contributed by atoms with Gasteiger partial charge in [0.2, 0.25) is 0 Å². The first kappa shape index (κ1) is 16.7.